The summed E-state index contributed by atoms with van der Waals surface area (Å²) >= 11 is 0. The maximum absolute atomic E-state index is 12.8. The lowest BCUT2D eigenvalue weighted by atomic mass is 10.1. The van der Waals surface area contributed by atoms with Crippen molar-refractivity contribution in [3.63, 3.8) is 0 Å². The molecule has 4 rings (SSSR count). The second kappa shape index (κ2) is 6.29. The SMILES string of the molecule is O=C(c1cccc(OCc2ccccc2)c1)N1CCNC2(CC2)C1. The molecule has 0 bridgehead atoms. The molecule has 4 nitrogen and oxygen atoms in total. The average molecular weight is 322 g/mol. The van der Waals surface area contributed by atoms with Crippen LogP contribution in [-0.4, -0.2) is 36.0 Å². The Morgan fingerprint density at radius 1 is 1.12 bits per heavy atom. The second-order valence-corrected chi connectivity index (χ2v) is 6.74. The average Bonchev–Trinajstić information content (AvgIpc) is 3.39. The van der Waals surface area contributed by atoms with Gasteiger partial charge < -0.3 is 15.0 Å². The van der Waals surface area contributed by atoms with Crippen LogP contribution in [0.3, 0.4) is 0 Å². The molecule has 1 aliphatic heterocycles. The van der Waals surface area contributed by atoms with Crippen LogP contribution in [0.25, 0.3) is 0 Å². The van der Waals surface area contributed by atoms with E-state index in [0.717, 1.165) is 30.9 Å². The summed E-state index contributed by atoms with van der Waals surface area (Å²) in [6.07, 6.45) is 2.36. The Kier molecular flexibility index (Phi) is 3.98. The van der Waals surface area contributed by atoms with Crippen molar-refractivity contribution in [3.8, 4) is 5.75 Å². The van der Waals surface area contributed by atoms with Crippen LogP contribution in [0.15, 0.2) is 54.6 Å². The number of amides is 1. The predicted octanol–water partition coefficient (Wildman–Crippen LogP) is 2.84. The molecule has 2 aliphatic rings. The second-order valence-electron chi connectivity index (χ2n) is 6.74. The third-order valence-electron chi connectivity index (χ3n) is 4.85. The highest BCUT2D eigenvalue weighted by molar-refractivity contribution is 5.94. The van der Waals surface area contributed by atoms with Gasteiger partial charge in [-0.25, -0.2) is 0 Å². The number of carbonyl (C=O) groups excluding carboxylic acids is 1. The standard InChI is InChI=1S/C20H22N2O2/c23-19(22-12-11-21-20(15-22)9-10-20)17-7-4-8-18(13-17)24-14-16-5-2-1-3-6-16/h1-8,13,21H,9-12,14-15H2. The molecule has 0 atom stereocenters. The smallest absolute Gasteiger partial charge is 0.254 e. The monoisotopic (exact) mass is 322 g/mol. The van der Waals surface area contributed by atoms with E-state index in [1.54, 1.807) is 0 Å². The summed E-state index contributed by atoms with van der Waals surface area (Å²) in [5.74, 6) is 0.842. The van der Waals surface area contributed by atoms with Crippen molar-refractivity contribution >= 4 is 5.91 Å². The molecule has 1 saturated heterocycles. The van der Waals surface area contributed by atoms with E-state index in [9.17, 15) is 4.79 Å². The first-order chi connectivity index (χ1) is 11.7. The fourth-order valence-electron chi connectivity index (χ4n) is 3.26. The first-order valence-electron chi connectivity index (χ1n) is 8.55. The largest absolute Gasteiger partial charge is 0.489 e. The molecule has 0 aromatic heterocycles. The van der Waals surface area contributed by atoms with E-state index in [4.69, 9.17) is 4.74 Å². The zero-order valence-electron chi connectivity index (χ0n) is 13.7. The van der Waals surface area contributed by atoms with Crippen molar-refractivity contribution in [3.05, 3.63) is 65.7 Å². The highest BCUT2D eigenvalue weighted by atomic mass is 16.5. The Morgan fingerprint density at radius 3 is 2.75 bits per heavy atom. The minimum atomic E-state index is 0.105. The number of hydrogen-bond acceptors (Lipinski definition) is 3. The number of rotatable bonds is 4. The lowest BCUT2D eigenvalue weighted by molar-refractivity contribution is 0.0691. The summed E-state index contributed by atoms with van der Waals surface area (Å²) in [6.45, 7) is 2.99. The molecular formula is C20H22N2O2. The van der Waals surface area contributed by atoms with Crippen molar-refractivity contribution in [1.29, 1.82) is 0 Å². The third kappa shape index (κ3) is 3.29. The molecule has 124 valence electrons. The van der Waals surface area contributed by atoms with Gasteiger partial charge in [0.15, 0.2) is 0 Å². The number of ether oxygens (including phenoxy) is 1. The summed E-state index contributed by atoms with van der Waals surface area (Å²) in [5.41, 5.74) is 2.03. The molecule has 2 aromatic carbocycles. The molecule has 0 unspecified atom stereocenters. The van der Waals surface area contributed by atoms with E-state index in [1.807, 2.05) is 59.5 Å². The molecule has 2 aromatic rings. The van der Waals surface area contributed by atoms with Crippen LogP contribution in [0.4, 0.5) is 0 Å². The number of benzene rings is 2. The van der Waals surface area contributed by atoms with Crippen molar-refractivity contribution in [1.82, 2.24) is 10.2 Å². The maximum atomic E-state index is 12.8. The summed E-state index contributed by atoms with van der Waals surface area (Å²) < 4.78 is 5.84. The van der Waals surface area contributed by atoms with E-state index in [-0.39, 0.29) is 11.4 Å². The van der Waals surface area contributed by atoms with E-state index in [2.05, 4.69) is 5.32 Å². The van der Waals surface area contributed by atoms with Gasteiger partial charge in [0, 0.05) is 30.7 Å². The number of nitrogens with one attached hydrogen (secondary N) is 1. The van der Waals surface area contributed by atoms with E-state index < -0.39 is 0 Å². The van der Waals surface area contributed by atoms with Crippen molar-refractivity contribution in [2.75, 3.05) is 19.6 Å². The molecule has 0 radical (unpaired) electrons. The molecule has 1 amide bonds. The highest BCUT2D eigenvalue weighted by Gasteiger charge is 2.46. The highest BCUT2D eigenvalue weighted by Crippen LogP contribution is 2.37. The Bertz CT molecular complexity index is 725. The van der Waals surface area contributed by atoms with E-state index in [0.29, 0.717) is 12.2 Å². The Morgan fingerprint density at radius 2 is 1.96 bits per heavy atom. The Labute approximate surface area is 142 Å². The van der Waals surface area contributed by atoms with Gasteiger partial charge in [-0.15, -0.1) is 0 Å². The molecule has 2 fully saturated rings. The topological polar surface area (TPSA) is 41.6 Å². The molecule has 1 N–H and O–H groups in total. The zero-order chi connectivity index (χ0) is 16.4. The number of carbonyl (C=O) groups is 1. The van der Waals surface area contributed by atoms with Gasteiger partial charge in [-0.1, -0.05) is 36.4 Å². The lowest BCUT2D eigenvalue weighted by Gasteiger charge is -2.34. The quantitative estimate of drug-likeness (QED) is 0.941. The summed E-state index contributed by atoms with van der Waals surface area (Å²) in [7, 11) is 0. The first kappa shape index (κ1) is 15.2. The Hall–Kier alpha value is -2.33. The van der Waals surface area contributed by atoms with Gasteiger partial charge in [-0.2, -0.15) is 0 Å². The van der Waals surface area contributed by atoms with Gasteiger partial charge in [-0.05, 0) is 36.6 Å². The molecule has 1 spiro atoms. The third-order valence-corrected chi connectivity index (χ3v) is 4.85. The van der Waals surface area contributed by atoms with Gasteiger partial charge in [0.1, 0.15) is 12.4 Å². The molecule has 4 heteroatoms. The summed E-state index contributed by atoms with van der Waals surface area (Å²) in [6, 6.07) is 17.6. The minimum absolute atomic E-state index is 0.105. The van der Waals surface area contributed by atoms with Gasteiger partial charge >= 0.3 is 0 Å². The molecule has 24 heavy (non-hydrogen) atoms. The van der Waals surface area contributed by atoms with Crippen LogP contribution >= 0.6 is 0 Å². The van der Waals surface area contributed by atoms with Crippen LogP contribution in [-0.2, 0) is 6.61 Å². The summed E-state index contributed by atoms with van der Waals surface area (Å²) in [5, 5.41) is 3.54. The summed E-state index contributed by atoms with van der Waals surface area (Å²) in [4.78, 5) is 14.8. The van der Waals surface area contributed by atoms with Gasteiger partial charge in [-0.3, -0.25) is 4.79 Å². The Balaban J connectivity index is 1.43. The van der Waals surface area contributed by atoms with Crippen molar-refractivity contribution < 1.29 is 9.53 Å². The van der Waals surface area contributed by atoms with Crippen molar-refractivity contribution in [2.45, 2.75) is 25.0 Å². The van der Waals surface area contributed by atoms with Crippen LogP contribution in [0.5, 0.6) is 5.75 Å². The number of hydrogen-bond donors (Lipinski definition) is 1. The molecule has 1 saturated carbocycles. The van der Waals surface area contributed by atoms with Crippen LogP contribution in [0.1, 0.15) is 28.8 Å². The number of nitrogens with zero attached hydrogens (tertiary/aromatic N) is 1. The van der Waals surface area contributed by atoms with Gasteiger partial charge in [0.2, 0.25) is 0 Å². The van der Waals surface area contributed by atoms with Crippen LogP contribution in [0, 0.1) is 0 Å². The van der Waals surface area contributed by atoms with Crippen molar-refractivity contribution in [2.24, 2.45) is 0 Å². The number of piperazine rings is 1. The lowest BCUT2D eigenvalue weighted by Crippen LogP contribution is -2.54. The minimum Gasteiger partial charge on any atom is -0.489 e. The fourth-order valence-corrected chi connectivity index (χ4v) is 3.26. The fraction of sp³-hybridized carbons (Fsp3) is 0.350. The molecular weight excluding hydrogens is 300 g/mol. The first-order valence-corrected chi connectivity index (χ1v) is 8.55. The molecule has 1 heterocycles. The van der Waals surface area contributed by atoms with E-state index >= 15 is 0 Å². The van der Waals surface area contributed by atoms with Gasteiger partial charge in [0.05, 0.1) is 0 Å². The molecule has 1 aliphatic carbocycles. The van der Waals surface area contributed by atoms with E-state index in [1.165, 1.54) is 12.8 Å². The van der Waals surface area contributed by atoms with Crippen LogP contribution < -0.4 is 10.1 Å². The maximum Gasteiger partial charge on any atom is 0.254 e. The normalized spacial score (nSPS) is 18.4. The van der Waals surface area contributed by atoms with Gasteiger partial charge in [0.25, 0.3) is 5.91 Å². The van der Waals surface area contributed by atoms with Crippen LogP contribution in [0.2, 0.25) is 0 Å². The zero-order valence-corrected chi connectivity index (χ0v) is 13.7. The predicted molar refractivity (Wildman–Crippen MR) is 93.1 cm³/mol.